The topological polar surface area (TPSA) is 94.5 Å². The third-order valence-corrected chi connectivity index (χ3v) is 4.97. The first-order chi connectivity index (χ1) is 13.1. The van der Waals surface area contributed by atoms with Crippen LogP contribution in [0.25, 0.3) is 20.8 Å². The first-order valence-electron chi connectivity index (χ1n) is 8.14. The van der Waals surface area contributed by atoms with Gasteiger partial charge in [-0.2, -0.15) is 0 Å². The van der Waals surface area contributed by atoms with Gasteiger partial charge < -0.3 is 20.8 Å². The van der Waals surface area contributed by atoms with Gasteiger partial charge in [0.2, 0.25) is 0 Å². The SMILES string of the molecule is O=C(Nc1ccc(O)cc1)Nc1ccc(O)c(-c2nc3ccccc3s2)c1. The summed E-state index contributed by atoms with van der Waals surface area (Å²) in [4.78, 5) is 16.7. The van der Waals surface area contributed by atoms with Crippen molar-refractivity contribution in [1.29, 1.82) is 0 Å². The predicted octanol–water partition coefficient (Wildman–Crippen LogP) is 5.02. The van der Waals surface area contributed by atoms with Crippen LogP contribution >= 0.6 is 11.3 Å². The number of aromatic nitrogens is 1. The fourth-order valence-electron chi connectivity index (χ4n) is 2.61. The molecule has 27 heavy (non-hydrogen) atoms. The van der Waals surface area contributed by atoms with Crippen molar-refractivity contribution in [1.82, 2.24) is 4.98 Å². The van der Waals surface area contributed by atoms with Crippen LogP contribution in [0, 0.1) is 0 Å². The lowest BCUT2D eigenvalue weighted by molar-refractivity contribution is 0.262. The highest BCUT2D eigenvalue weighted by atomic mass is 32.1. The van der Waals surface area contributed by atoms with Crippen molar-refractivity contribution in [2.75, 3.05) is 10.6 Å². The molecule has 7 heteroatoms. The van der Waals surface area contributed by atoms with Crippen LogP contribution in [0.5, 0.6) is 11.5 Å². The maximum absolute atomic E-state index is 12.2. The molecule has 4 N–H and O–H groups in total. The molecule has 134 valence electrons. The number of carbonyl (C=O) groups is 1. The Labute approximate surface area is 158 Å². The molecule has 0 saturated heterocycles. The summed E-state index contributed by atoms with van der Waals surface area (Å²) in [5.74, 6) is 0.221. The van der Waals surface area contributed by atoms with E-state index in [-0.39, 0.29) is 11.5 Å². The van der Waals surface area contributed by atoms with Gasteiger partial charge in [0.05, 0.1) is 15.8 Å². The molecule has 4 aromatic rings. The first-order valence-corrected chi connectivity index (χ1v) is 8.96. The number of urea groups is 1. The quantitative estimate of drug-likeness (QED) is 0.377. The van der Waals surface area contributed by atoms with Crippen molar-refractivity contribution in [3.63, 3.8) is 0 Å². The average molecular weight is 377 g/mol. The first kappa shape index (κ1) is 16.9. The number of amides is 2. The van der Waals surface area contributed by atoms with Gasteiger partial charge in [-0.25, -0.2) is 9.78 Å². The summed E-state index contributed by atoms with van der Waals surface area (Å²) in [7, 11) is 0. The second-order valence-corrected chi connectivity index (χ2v) is 6.88. The zero-order chi connectivity index (χ0) is 18.8. The second kappa shape index (κ2) is 6.97. The van der Waals surface area contributed by atoms with Crippen LogP contribution < -0.4 is 10.6 Å². The van der Waals surface area contributed by atoms with Crippen LogP contribution in [0.4, 0.5) is 16.2 Å². The van der Waals surface area contributed by atoms with E-state index in [0.29, 0.717) is 21.9 Å². The van der Waals surface area contributed by atoms with E-state index in [0.717, 1.165) is 10.2 Å². The van der Waals surface area contributed by atoms with Gasteiger partial charge in [0.15, 0.2) is 0 Å². The summed E-state index contributed by atoms with van der Waals surface area (Å²) in [6, 6.07) is 18.3. The Morgan fingerprint density at radius 2 is 1.59 bits per heavy atom. The molecule has 0 unspecified atom stereocenters. The molecule has 0 aliphatic rings. The van der Waals surface area contributed by atoms with Gasteiger partial charge in [0, 0.05) is 11.4 Å². The highest BCUT2D eigenvalue weighted by molar-refractivity contribution is 7.21. The van der Waals surface area contributed by atoms with Gasteiger partial charge in [0.25, 0.3) is 0 Å². The third-order valence-electron chi connectivity index (χ3n) is 3.90. The van der Waals surface area contributed by atoms with E-state index < -0.39 is 6.03 Å². The van der Waals surface area contributed by atoms with Crippen LogP contribution in [-0.4, -0.2) is 21.2 Å². The largest absolute Gasteiger partial charge is 0.508 e. The number of nitrogens with one attached hydrogen (secondary N) is 2. The Balaban J connectivity index is 1.56. The molecule has 3 aromatic carbocycles. The Morgan fingerprint density at radius 3 is 2.37 bits per heavy atom. The van der Waals surface area contributed by atoms with E-state index in [9.17, 15) is 15.0 Å². The number of fused-ring (bicyclic) bond motifs is 1. The van der Waals surface area contributed by atoms with Gasteiger partial charge in [0.1, 0.15) is 16.5 Å². The Morgan fingerprint density at radius 1 is 0.889 bits per heavy atom. The number of carbonyl (C=O) groups excluding carboxylic acids is 1. The van der Waals surface area contributed by atoms with Crippen LogP contribution in [-0.2, 0) is 0 Å². The smallest absolute Gasteiger partial charge is 0.323 e. The molecular weight excluding hydrogens is 362 g/mol. The number of anilines is 2. The van der Waals surface area contributed by atoms with Crippen molar-refractivity contribution < 1.29 is 15.0 Å². The van der Waals surface area contributed by atoms with Gasteiger partial charge in [-0.15, -0.1) is 11.3 Å². The summed E-state index contributed by atoms with van der Waals surface area (Å²) >= 11 is 1.47. The second-order valence-electron chi connectivity index (χ2n) is 5.84. The van der Waals surface area contributed by atoms with Crippen molar-refractivity contribution in [3.8, 4) is 22.1 Å². The van der Waals surface area contributed by atoms with E-state index in [2.05, 4.69) is 15.6 Å². The number of thiazole rings is 1. The Bertz CT molecular complexity index is 1090. The van der Waals surface area contributed by atoms with Gasteiger partial charge in [-0.1, -0.05) is 12.1 Å². The number of benzene rings is 3. The molecule has 0 saturated carbocycles. The molecule has 2 amide bonds. The number of nitrogens with zero attached hydrogens (tertiary/aromatic N) is 1. The number of phenols is 2. The van der Waals surface area contributed by atoms with Gasteiger partial charge in [-0.3, -0.25) is 0 Å². The minimum absolute atomic E-state index is 0.0959. The lowest BCUT2D eigenvalue weighted by Crippen LogP contribution is -2.19. The molecule has 0 bridgehead atoms. The van der Waals surface area contributed by atoms with Crippen LogP contribution in [0.2, 0.25) is 0 Å². The highest BCUT2D eigenvalue weighted by Crippen LogP contribution is 2.36. The van der Waals surface area contributed by atoms with Crippen LogP contribution in [0.1, 0.15) is 0 Å². The van der Waals surface area contributed by atoms with Gasteiger partial charge >= 0.3 is 6.03 Å². The van der Waals surface area contributed by atoms with Crippen LogP contribution in [0.3, 0.4) is 0 Å². The number of hydrogen-bond donors (Lipinski definition) is 4. The molecule has 4 rings (SSSR count). The summed E-state index contributed by atoms with van der Waals surface area (Å²) in [6.07, 6.45) is 0. The minimum atomic E-state index is -0.429. The van der Waals surface area contributed by atoms with E-state index >= 15 is 0 Å². The molecule has 6 nitrogen and oxygen atoms in total. The van der Waals surface area contributed by atoms with E-state index in [1.165, 1.54) is 29.5 Å². The summed E-state index contributed by atoms with van der Waals surface area (Å²) < 4.78 is 1.02. The normalized spacial score (nSPS) is 10.7. The Hall–Kier alpha value is -3.58. The molecular formula is C20H15N3O3S. The fourth-order valence-corrected chi connectivity index (χ4v) is 3.60. The van der Waals surface area contributed by atoms with E-state index in [1.54, 1.807) is 24.3 Å². The molecule has 1 aromatic heterocycles. The molecule has 1 heterocycles. The minimum Gasteiger partial charge on any atom is -0.508 e. The maximum Gasteiger partial charge on any atom is 0.323 e. The molecule has 0 aliphatic carbocycles. The average Bonchev–Trinajstić information content (AvgIpc) is 3.09. The summed E-state index contributed by atoms with van der Waals surface area (Å²) in [6.45, 7) is 0. The molecule has 0 fully saturated rings. The van der Waals surface area contributed by atoms with E-state index in [1.807, 2.05) is 24.3 Å². The number of para-hydroxylation sites is 1. The zero-order valence-electron chi connectivity index (χ0n) is 14.0. The molecule has 0 spiro atoms. The Kier molecular flexibility index (Phi) is 4.35. The molecule has 0 atom stereocenters. The van der Waals surface area contributed by atoms with E-state index in [4.69, 9.17) is 0 Å². The van der Waals surface area contributed by atoms with Crippen molar-refractivity contribution >= 4 is 39.0 Å². The monoisotopic (exact) mass is 377 g/mol. The number of rotatable bonds is 3. The maximum atomic E-state index is 12.2. The lowest BCUT2D eigenvalue weighted by Gasteiger charge is -2.09. The fraction of sp³-hybridized carbons (Fsp3) is 0. The zero-order valence-corrected chi connectivity index (χ0v) is 14.8. The number of phenolic OH excluding ortho intramolecular Hbond substituents is 2. The van der Waals surface area contributed by atoms with Gasteiger partial charge in [-0.05, 0) is 54.6 Å². The number of hydrogen-bond acceptors (Lipinski definition) is 5. The number of aromatic hydroxyl groups is 2. The standard InChI is InChI=1S/C20H15N3O3S/c24-14-8-5-12(6-9-14)21-20(26)22-13-7-10-17(25)15(11-13)19-23-16-3-1-2-4-18(16)27-19/h1-11,24-25H,(H2,21,22,26). The molecule has 0 aliphatic heterocycles. The van der Waals surface area contributed by atoms with Crippen molar-refractivity contribution in [2.45, 2.75) is 0 Å². The van der Waals surface area contributed by atoms with Crippen molar-refractivity contribution in [3.05, 3.63) is 66.7 Å². The molecule has 0 radical (unpaired) electrons. The van der Waals surface area contributed by atoms with Crippen molar-refractivity contribution in [2.24, 2.45) is 0 Å². The summed E-state index contributed by atoms with van der Waals surface area (Å²) in [5, 5.41) is 25.6. The predicted molar refractivity (Wildman–Crippen MR) is 107 cm³/mol. The summed E-state index contributed by atoms with van der Waals surface area (Å²) in [5.41, 5.74) is 2.49. The highest BCUT2D eigenvalue weighted by Gasteiger charge is 2.12. The lowest BCUT2D eigenvalue weighted by atomic mass is 10.2. The van der Waals surface area contributed by atoms with Crippen LogP contribution in [0.15, 0.2) is 66.7 Å². The third kappa shape index (κ3) is 3.68.